The number of aldehydes is 1. The molecule has 0 aromatic heterocycles. The van der Waals surface area contributed by atoms with E-state index in [4.69, 9.17) is 0 Å². The number of amides is 1. The Morgan fingerprint density at radius 2 is 1.62 bits per heavy atom. The Morgan fingerprint density at radius 3 is 2.00 bits per heavy atom. The molecular formula is C12H21NO3. The number of carbonyl (C=O) groups is 3. The van der Waals surface area contributed by atoms with Crippen molar-refractivity contribution in [2.45, 2.75) is 41.0 Å². The topological polar surface area (TPSA) is 63.2 Å². The predicted molar refractivity (Wildman–Crippen MR) is 61.9 cm³/mol. The number of nitrogens with one attached hydrogen (secondary N) is 1. The van der Waals surface area contributed by atoms with Crippen molar-refractivity contribution in [2.75, 3.05) is 6.54 Å². The summed E-state index contributed by atoms with van der Waals surface area (Å²) in [5.41, 5.74) is -1.18. The molecule has 16 heavy (non-hydrogen) atoms. The van der Waals surface area contributed by atoms with Crippen LogP contribution in [0.5, 0.6) is 0 Å². The molecule has 0 radical (unpaired) electrons. The van der Waals surface area contributed by atoms with Gasteiger partial charge in [-0.05, 0) is 13.3 Å². The van der Waals surface area contributed by atoms with Crippen LogP contribution in [0.15, 0.2) is 0 Å². The molecule has 0 rings (SSSR count). The van der Waals surface area contributed by atoms with Crippen LogP contribution in [0.25, 0.3) is 0 Å². The van der Waals surface area contributed by atoms with Gasteiger partial charge in [-0.2, -0.15) is 0 Å². The van der Waals surface area contributed by atoms with Crippen LogP contribution in [0.2, 0.25) is 0 Å². The largest absolute Gasteiger partial charge is 0.349 e. The van der Waals surface area contributed by atoms with E-state index < -0.39 is 10.8 Å². The van der Waals surface area contributed by atoms with Gasteiger partial charge in [0.05, 0.1) is 6.54 Å². The minimum absolute atomic E-state index is 0.0166. The molecule has 0 spiro atoms. The number of hydrogen-bond acceptors (Lipinski definition) is 3. The van der Waals surface area contributed by atoms with E-state index in [0.29, 0.717) is 12.7 Å². The van der Waals surface area contributed by atoms with Crippen LogP contribution in [-0.4, -0.2) is 24.5 Å². The zero-order chi connectivity index (χ0) is 13.0. The summed E-state index contributed by atoms with van der Waals surface area (Å²) in [4.78, 5) is 33.3. The van der Waals surface area contributed by atoms with Crippen LogP contribution in [-0.2, 0) is 14.4 Å². The van der Waals surface area contributed by atoms with Gasteiger partial charge in [0.25, 0.3) is 0 Å². The second-order valence-electron chi connectivity index (χ2n) is 5.38. The van der Waals surface area contributed by atoms with Gasteiger partial charge in [-0.3, -0.25) is 9.59 Å². The lowest BCUT2D eigenvalue weighted by Gasteiger charge is -2.31. The maximum atomic E-state index is 11.7. The van der Waals surface area contributed by atoms with E-state index in [1.807, 2.05) is 13.8 Å². The first-order valence-corrected chi connectivity index (χ1v) is 5.36. The molecule has 0 aromatic rings. The van der Waals surface area contributed by atoms with Gasteiger partial charge in [0, 0.05) is 10.8 Å². The van der Waals surface area contributed by atoms with Crippen LogP contribution in [0.3, 0.4) is 0 Å². The third-order valence-corrected chi connectivity index (χ3v) is 2.80. The highest BCUT2D eigenvalue weighted by atomic mass is 16.2. The number of Topliss-reactive ketones (excluding diaryl/α,β-unsaturated/α-hetero) is 1. The first-order valence-electron chi connectivity index (χ1n) is 5.36. The Morgan fingerprint density at radius 1 is 1.12 bits per heavy atom. The fourth-order valence-corrected chi connectivity index (χ4v) is 1.68. The Balaban J connectivity index is 4.61. The van der Waals surface area contributed by atoms with Crippen LogP contribution < -0.4 is 5.32 Å². The summed E-state index contributed by atoms with van der Waals surface area (Å²) < 4.78 is 0. The molecule has 92 valence electrons. The van der Waals surface area contributed by atoms with E-state index in [1.165, 1.54) is 6.92 Å². The summed E-state index contributed by atoms with van der Waals surface area (Å²) in [6.07, 6.45) is 1.10. The SMILES string of the molecule is CC(=O)C(C)(C)CC(C)(C)C(=O)NCC=O. The van der Waals surface area contributed by atoms with Crippen molar-refractivity contribution in [1.82, 2.24) is 5.32 Å². The highest BCUT2D eigenvalue weighted by molar-refractivity contribution is 5.86. The molecule has 0 atom stereocenters. The van der Waals surface area contributed by atoms with Crippen molar-refractivity contribution >= 4 is 18.0 Å². The predicted octanol–water partition coefficient (Wildman–Crippen LogP) is 1.33. The molecule has 1 N–H and O–H groups in total. The lowest BCUT2D eigenvalue weighted by Crippen LogP contribution is -2.41. The van der Waals surface area contributed by atoms with Gasteiger partial charge in [-0.25, -0.2) is 0 Å². The van der Waals surface area contributed by atoms with E-state index >= 15 is 0 Å². The van der Waals surface area contributed by atoms with Gasteiger partial charge in [0.15, 0.2) is 0 Å². The molecular weight excluding hydrogens is 206 g/mol. The summed E-state index contributed by atoms with van der Waals surface area (Å²) in [7, 11) is 0. The molecule has 0 bridgehead atoms. The Labute approximate surface area is 96.8 Å². The monoisotopic (exact) mass is 227 g/mol. The van der Waals surface area contributed by atoms with E-state index in [1.54, 1.807) is 13.8 Å². The van der Waals surface area contributed by atoms with Crippen LogP contribution in [0.1, 0.15) is 41.0 Å². The van der Waals surface area contributed by atoms with Crippen molar-refractivity contribution in [1.29, 1.82) is 0 Å². The van der Waals surface area contributed by atoms with Crippen molar-refractivity contribution in [3.05, 3.63) is 0 Å². The third kappa shape index (κ3) is 4.13. The Bertz CT molecular complexity index is 293. The second kappa shape index (κ2) is 5.23. The Kier molecular flexibility index (Phi) is 4.84. The first-order chi connectivity index (χ1) is 7.13. The van der Waals surface area contributed by atoms with E-state index in [9.17, 15) is 14.4 Å². The minimum Gasteiger partial charge on any atom is -0.349 e. The average Bonchev–Trinajstić information content (AvgIpc) is 2.12. The zero-order valence-electron chi connectivity index (χ0n) is 10.7. The maximum absolute atomic E-state index is 11.7. The van der Waals surface area contributed by atoms with Gasteiger partial charge >= 0.3 is 0 Å². The van der Waals surface area contributed by atoms with Gasteiger partial charge < -0.3 is 10.1 Å². The highest BCUT2D eigenvalue weighted by Crippen LogP contribution is 2.34. The van der Waals surface area contributed by atoms with E-state index in [-0.39, 0.29) is 18.2 Å². The van der Waals surface area contributed by atoms with Crippen LogP contribution >= 0.6 is 0 Å². The summed E-state index contributed by atoms with van der Waals surface area (Å²) in [5, 5.41) is 2.52. The van der Waals surface area contributed by atoms with Gasteiger partial charge in [-0.15, -0.1) is 0 Å². The van der Waals surface area contributed by atoms with Crippen molar-refractivity contribution in [2.24, 2.45) is 10.8 Å². The minimum atomic E-state index is -0.655. The van der Waals surface area contributed by atoms with Crippen molar-refractivity contribution < 1.29 is 14.4 Å². The molecule has 0 aliphatic heterocycles. The number of rotatable bonds is 6. The molecule has 0 aromatic carbocycles. The summed E-state index contributed by atoms with van der Waals surface area (Å²) >= 11 is 0. The average molecular weight is 227 g/mol. The van der Waals surface area contributed by atoms with Crippen molar-refractivity contribution in [3.63, 3.8) is 0 Å². The van der Waals surface area contributed by atoms with E-state index in [2.05, 4.69) is 5.32 Å². The molecule has 0 unspecified atom stereocenters. The molecule has 0 saturated carbocycles. The molecule has 0 aliphatic carbocycles. The van der Waals surface area contributed by atoms with Crippen LogP contribution in [0, 0.1) is 10.8 Å². The lowest BCUT2D eigenvalue weighted by molar-refractivity contribution is -0.134. The maximum Gasteiger partial charge on any atom is 0.226 e. The number of carbonyl (C=O) groups excluding carboxylic acids is 3. The molecule has 0 aliphatic rings. The molecule has 1 amide bonds. The first kappa shape index (κ1) is 14.8. The lowest BCUT2D eigenvalue weighted by atomic mass is 9.72. The van der Waals surface area contributed by atoms with Crippen molar-refractivity contribution in [3.8, 4) is 0 Å². The Hall–Kier alpha value is -1.19. The van der Waals surface area contributed by atoms with Gasteiger partial charge in [-0.1, -0.05) is 27.7 Å². The summed E-state index contributed by atoms with van der Waals surface area (Å²) in [6.45, 7) is 8.74. The third-order valence-electron chi connectivity index (χ3n) is 2.80. The number of hydrogen-bond donors (Lipinski definition) is 1. The molecule has 0 heterocycles. The fraction of sp³-hybridized carbons (Fsp3) is 0.750. The fourth-order valence-electron chi connectivity index (χ4n) is 1.68. The van der Waals surface area contributed by atoms with Gasteiger partial charge in [0.2, 0.25) is 5.91 Å². The summed E-state index contributed by atoms with van der Waals surface area (Å²) in [5.74, 6) is -0.141. The second-order valence-corrected chi connectivity index (χ2v) is 5.38. The van der Waals surface area contributed by atoms with Crippen LogP contribution in [0.4, 0.5) is 0 Å². The van der Waals surface area contributed by atoms with E-state index in [0.717, 1.165) is 0 Å². The number of ketones is 1. The standard InChI is InChI=1S/C12H21NO3/c1-9(15)11(2,3)8-12(4,5)10(16)13-6-7-14/h7H,6,8H2,1-5H3,(H,13,16). The molecule has 0 fully saturated rings. The zero-order valence-corrected chi connectivity index (χ0v) is 10.7. The smallest absolute Gasteiger partial charge is 0.226 e. The van der Waals surface area contributed by atoms with Gasteiger partial charge in [0.1, 0.15) is 12.1 Å². The molecule has 4 nitrogen and oxygen atoms in total. The normalized spacial score (nSPS) is 12.1. The molecule has 0 saturated heterocycles. The quantitative estimate of drug-likeness (QED) is 0.696. The molecule has 4 heteroatoms. The highest BCUT2D eigenvalue weighted by Gasteiger charge is 2.36. The summed E-state index contributed by atoms with van der Waals surface area (Å²) in [6, 6.07) is 0.